The lowest BCUT2D eigenvalue weighted by molar-refractivity contribution is 0.241. The van der Waals surface area contributed by atoms with Crippen molar-refractivity contribution in [1.82, 2.24) is 10.6 Å². The summed E-state index contributed by atoms with van der Waals surface area (Å²) in [7, 11) is 0. The molecule has 1 rings (SSSR count). The van der Waals surface area contributed by atoms with Crippen LogP contribution in [0.15, 0.2) is 0 Å². The molecular formula is C8H12N2O. The second-order valence-electron chi connectivity index (χ2n) is 2.72. The Bertz CT molecular complexity index is 177. The van der Waals surface area contributed by atoms with Crippen molar-refractivity contribution in [2.24, 2.45) is 0 Å². The van der Waals surface area contributed by atoms with Crippen molar-refractivity contribution in [2.75, 3.05) is 0 Å². The number of terminal acetylenes is 1. The van der Waals surface area contributed by atoms with Crippen molar-refractivity contribution in [3.05, 3.63) is 0 Å². The van der Waals surface area contributed by atoms with E-state index in [1.165, 1.54) is 12.8 Å². The molecule has 0 heterocycles. The minimum atomic E-state index is -0.251. The van der Waals surface area contributed by atoms with Crippen LogP contribution in [0.5, 0.6) is 0 Å². The van der Waals surface area contributed by atoms with Crippen LogP contribution in [0.1, 0.15) is 25.7 Å². The fraction of sp³-hybridized carbons (Fsp3) is 0.625. The van der Waals surface area contributed by atoms with Crippen LogP contribution in [0.3, 0.4) is 0 Å². The van der Waals surface area contributed by atoms with E-state index in [0.29, 0.717) is 6.04 Å². The van der Waals surface area contributed by atoms with Gasteiger partial charge in [-0.25, -0.2) is 4.79 Å². The van der Waals surface area contributed by atoms with Gasteiger partial charge in [-0.1, -0.05) is 19.3 Å². The first-order valence-electron chi connectivity index (χ1n) is 3.85. The molecule has 2 amide bonds. The Kier molecular flexibility index (Phi) is 2.79. The van der Waals surface area contributed by atoms with Crippen molar-refractivity contribution in [3.8, 4) is 12.5 Å². The van der Waals surface area contributed by atoms with Crippen LogP contribution in [0.4, 0.5) is 4.79 Å². The maximum atomic E-state index is 10.8. The van der Waals surface area contributed by atoms with E-state index in [4.69, 9.17) is 6.42 Å². The van der Waals surface area contributed by atoms with Crippen LogP contribution in [0.25, 0.3) is 0 Å². The van der Waals surface area contributed by atoms with E-state index in [1.54, 1.807) is 0 Å². The summed E-state index contributed by atoms with van der Waals surface area (Å²) in [4.78, 5) is 10.8. The van der Waals surface area contributed by atoms with Crippen molar-refractivity contribution in [1.29, 1.82) is 0 Å². The average Bonchev–Trinajstić information content (AvgIpc) is 2.40. The third-order valence-electron chi connectivity index (χ3n) is 1.88. The molecule has 0 atom stereocenters. The lowest BCUT2D eigenvalue weighted by Crippen LogP contribution is -2.38. The van der Waals surface area contributed by atoms with Crippen LogP contribution in [-0.2, 0) is 0 Å². The van der Waals surface area contributed by atoms with Crippen LogP contribution in [0, 0.1) is 12.5 Å². The molecule has 1 aliphatic carbocycles. The summed E-state index contributed by atoms with van der Waals surface area (Å²) in [5.74, 6) is 0. The van der Waals surface area contributed by atoms with Crippen molar-refractivity contribution < 1.29 is 4.79 Å². The maximum Gasteiger partial charge on any atom is 0.326 e. The van der Waals surface area contributed by atoms with E-state index in [0.717, 1.165) is 12.8 Å². The summed E-state index contributed by atoms with van der Waals surface area (Å²) in [5.41, 5.74) is 0. The van der Waals surface area contributed by atoms with Gasteiger partial charge in [0.1, 0.15) is 0 Å². The number of nitrogens with one attached hydrogen (secondary N) is 2. The van der Waals surface area contributed by atoms with E-state index < -0.39 is 0 Å². The Hall–Kier alpha value is -1.17. The summed E-state index contributed by atoms with van der Waals surface area (Å²) < 4.78 is 0. The number of rotatable bonds is 1. The van der Waals surface area contributed by atoms with Gasteiger partial charge in [-0.3, -0.25) is 5.32 Å². The smallest absolute Gasteiger partial charge is 0.326 e. The fourth-order valence-corrected chi connectivity index (χ4v) is 1.36. The molecule has 0 bridgehead atoms. The third-order valence-corrected chi connectivity index (χ3v) is 1.88. The van der Waals surface area contributed by atoms with Gasteiger partial charge in [0.05, 0.1) is 0 Å². The Balaban J connectivity index is 2.19. The zero-order valence-electron chi connectivity index (χ0n) is 6.39. The first-order chi connectivity index (χ1) is 5.33. The molecular weight excluding hydrogens is 140 g/mol. The van der Waals surface area contributed by atoms with E-state index >= 15 is 0 Å². The molecule has 0 aromatic carbocycles. The first-order valence-corrected chi connectivity index (χ1v) is 3.85. The number of hydrogen-bond acceptors (Lipinski definition) is 1. The Morgan fingerprint density at radius 1 is 1.45 bits per heavy atom. The van der Waals surface area contributed by atoms with Gasteiger partial charge in [0.2, 0.25) is 0 Å². The predicted octanol–water partition coefficient (Wildman–Crippen LogP) is 0.819. The molecule has 0 radical (unpaired) electrons. The summed E-state index contributed by atoms with van der Waals surface area (Å²) in [6.07, 6.45) is 9.46. The fourth-order valence-electron chi connectivity index (χ4n) is 1.36. The number of urea groups is 1. The molecule has 3 nitrogen and oxygen atoms in total. The zero-order valence-corrected chi connectivity index (χ0v) is 6.39. The third kappa shape index (κ3) is 2.50. The van der Waals surface area contributed by atoms with Crippen LogP contribution < -0.4 is 10.6 Å². The highest BCUT2D eigenvalue weighted by Crippen LogP contribution is 2.17. The van der Waals surface area contributed by atoms with E-state index in [2.05, 4.69) is 16.7 Å². The molecule has 60 valence electrons. The second-order valence-corrected chi connectivity index (χ2v) is 2.72. The number of amides is 2. The number of carbonyl (C=O) groups is 1. The van der Waals surface area contributed by atoms with E-state index in [-0.39, 0.29) is 6.03 Å². The normalized spacial score (nSPS) is 17.4. The Morgan fingerprint density at radius 3 is 2.64 bits per heavy atom. The minimum absolute atomic E-state index is 0.251. The Labute approximate surface area is 66.5 Å². The van der Waals surface area contributed by atoms with Gasteiger partial charge < -0.3 is 5.32 Å². The summed E-state index contributed by atoms with van der Waals surface area (Å²) in [6, 6.07) is 2.17. The van der Waals surface area contributed by atoms with Gasteiger partial charge in [0.15, 0.2) is 0 Å². The molecule has 1 saturated carbocycles. The average molecular weight is 152 g/mol. The molecule has 2 N–H and O–H groups in total. The highest BCUT2D eigenvalue weighted by Gasteiger charge is 2.15. The zero-order chi connectivity index (χ0) is 8.10. The monoisotopic (exact) mass is 152 g/mol. The van der Waals surface area contributed by atoms with Crippen LogP contribution in [-0.4, -0.2) is 12.1 Å². The molecule has 3 heteroatoms. The quantitative estimate of drug-likeness (QED) is 0.424. The van der Waals surface area contributed by atoms with Gasteiger partial charge in [-0.2, -0.15) is 0 Å². The molecule has 0 aromatic heterocycles. The SMILES string of the molecule is C#CNC(=O)NC1CCCC1. The molecule has 0 spiro atoms. The number of carbonyl (C=O) groups excluding carboxylic acids is 1. The molecule has 11 heavy (non-hydrogen) atoms. The lowest BCUT2D eigenvalue weighted by Gasteiger charge is -2.09. The number of hydrogen-bond donors (Lipinski definition) is 2. The second kappa shape index (κ2) is 3.87. The van der Waals surface area contributed by atoms with E-state index in [1.807, 2.05) is 0 Å². The summed E-state index contributed by atoms with van der Waals surface area (Å²) in [6.45, 7) is 0. The van der Waals surface area contributed by atoms with Crippen molar-refractivity contribution in [2.45, 2.75) is 31.7 Å². The highest BCUT2D eigenvalue weighted by atomic mass is 16.2. The largest absolute Gasteiger partial charge is 0.335 e. The van der Waals surface area contributed by atoms with E-state index in [9.17, 15) is 4.79 Å². The molecule has 1 aliphatic rings. The van der Waals surface area contributed by atoms with Gasteiger partial charge >= 0.3 is 6.03 Å². The van der Waals surface area contributed by atoms with Crippen LogP contribution in [0.2, 0.25) is 0 Å². The summed E-state index contributed by atoms with van der Waals surface area (Å²) in [5, 5.41) is 5.04. The first kappa shape index (κ1) is 7.93. The maximum absolute atomic E-state index is 10.8. The lowest BCUT2D eigenvalue weighted by atomic mass is 10.3. The standard InChI is InChI=1S/C8H12N2O/c1-2-9-8(11)10-7-5-3-4-6-7/h1,7H,3-6H2,(H2,9,10,11). The van der Waals surface area contributed by atoms with Gasteiger partial charge in [0, 0.05) is 12.1 Å². The van der Waals surface area contributed by atoms with Crippen molar-refractivity contribution >= 4 is 6.03 Å². The molecule has 0 saturated heterocycles. The highest BCUT2D eigenvalue weighted by molar-refractivity contribution is 5.75. The molecule has 0 aliphatic heterocycles. The summed E-state index contributed by atoms with van der Waals surface area (Å²) >= 11 is 0. The van der Waals surface area contributed by atoms with Gasteiger partial charge in [-0.05, 0) is 12.8 Å². The predicted molar refractivity (Wildman–Crippen MR) is 42.8 cm³/mol. The topological polar surface area (TPSA) is 41.1 Å². The molecule has 1 fully saturated rings. The van der Waals surface area contributed by atoms with Gasteiger partial charge in [-0.15, -0.1) is 0 Å². The van der Waals surface area contributed by atoms with Crippen molar-refractivity contribution in [3.63, 3.8) is 0 Å². The molecule has 0 aromatic rings. The van der Waals surface area contributed by atoms with Gasteiger partial charge in [0.25, 0.3) is 0 Å². The van der Waals surface area contributed by atoms with Crippen LogP contribution >= 0.6 is 0 Å². The minimum Gasteiger partial charge on any atom is -0.335 e. The molecule has 0 unspecified atom stereocenters. The Morgan fingerprint density at radius 2 is 2.09 bits per heavy atom.